The van der Waals surface area contributed by atoms with Crippen molar-refractivity contribution >= 4 is 28.4 Å². The van der Waals surface area contributed by atoms with Gasteiger partial charge in [-0.25, -0.2) is 19.0 Å². The first-order valence-electron chi connectivity index (χ1n) is 11.9. The van der Waals surface area contributed by atoms with E-state index in [0.717, 1.165) is 22.5 Å². The molecule has 194 valence electrons. The third kappa shape index (κ3) is 5.57. The minimum Gasteiger partial charge on any atom is -0.487 e. The number of aliphatic hydroxyl groups is 1. The van der Waals surface area contributed by atoms with Crippen LogP contribution in [0.5, 0.6) is 5.75 Å². The minimum atomic E-state index is -1.59. The number of halogens is 2. The summed E-state index contributed by atoms with van der Waals surface area (Å²) in [6.45, 7) is 9.02. The number of carbonyl (C=O) groups is 1. The Morgan fingerprint density at radius 2 is 2.05 bits per heavy atom. The third-order valence-corrected chi connectivity index (χ3v) is 6.36. The molecular formula is C27H29ClFN5O3. The number of aryl methyl sites for hydroxylation is 2. The number of ether oxygens (including phenoxy) is 1. The normalized spacial score (nSPS) is 12.5. The van der Waals surface area contributed by atoms with Gasteiger partial charge >= 0.3 is 0 Å². The molecular weight excluding hydrogens is 497 g/mol. The van der Waals surface area contributed by atoms with E-state index in [4.69, 9.17) is 21.3 Å². The van der Waals surface area contributed by atoms with Crippen molar-refractivity contribution in [2.24, 2.45) is 0 Å². The second-order valence-corrected chi connectivity index (χ2v) is 9.77. The predicted octanol–water partition coefficient (Wildman–Crippen LogP) is 5.14. The summed E-state index contributed by atoms with van der Waals surface area (Å²) >= 11 is 6.43. The lowest BCUT2D eigenvalue weighted by atomic mass is 10.00. The van der Waals surface area contributed by atoms with Gasteiger partial charge in [-0.3, -0.25) is 4.79 Å². The minimum absolute atomic E-state index is 0.00634. The van der Waals surface area contributed by atoms with E-state index in [2.05, 4.69) is 15.4 Å². The average Bonchev–Trinajstić information content (AvgIpc) is 3.30. The standard InChI is InChI=1S/C27H29ClFN5O3/c1-6-34-25(30-14-31-34)20-10-15(2)32-24-18(20)8-7-9-23(24)37-13-21-19(11-17(29)12-22(21)28)16(3)33-26(35)27(4,5)36/h7-12,14,16,36H,6,13H2,1-5H3,(H,33,35)/t16-/m0/s1. The highest BCUT2D eigenvalue weighted by Gasteiger charge is 2.27. The van der Waals surface area contributed by atoms with Crippen LogP contribution in [0.25, 0.3) is 22.3 Å². The van der Waals surface area contributed by atoms with Crippen LogP contribution in [0.1, 0.15) is 50.6 Å². The fraction of sp³-hybridized carbons (Fsp3) is 0.333. The molecule has 0 aliphatic rings. The topological polar surface area (TPSA) is 102 Å². The number of pyridine rings is 1. The van der Waals surface area contributed by atoms with E-state index in [0.29, 0.717) is 28.9 Å². The Hall–Kier alpha value is -3.56. The molecule has 0 radical (unpaired) electrons. The van der Waals surface area contributed by atoms with Crippen molar-refractivity contribution in [3.05, 3.63) is 70.4 Å². The van der Waals surface area contributed by atoms with Crippen molar-refractivity contribution in [2.45, 2.75) is 59.4 Å². The van der Waals surface area contributed by atoms with E-state index in [1.54, 1.807) is 13.0 Å². The molecule has 0 saturated heterocycles. The molecule has 0 unspecified atom stereocenters. The SMILES string of the molecule is CCn1ncnc1-c1cc(C)nc2c(OCc3c(Cl)cc(F)cc3[C@H](C)NC(=O)C(C)(C)O)cccc12. The lowest BCUT2D eigenvalue weighted by molar-refractivity contribution is -0.137. The summed E-state index contributed by atoms with van der Waals surface area (Å²) in [6, 6.07) is 9.46. The summed E-state index contributed by atoms with van der Waals surface area (Å²) in [6.07, 6.45) is 1.52. The van der Waals surface area contributed by atoms with E-state index in [-0.39, 0.29) is 11.6 Å². The van der Waals surface area contributed by atoms with Crippen molar-refractivity contribution in [1.29, 1.82) is 0 Å². The Morgan fingerprint density at radius 3 is 2.76 bits per heavy atom. The Bertz CT molecular complexity index is 1460. The fourth-order valence-electron chi connectivity index (χ4n) is 4.12. The maximum Gasteiger partial charge on any atom is 0.251 e. The van der Waals surface area contributed by atoms with E-state index in [1.807, 2.05) is 36.7 Å². The van der Waals surface area contributed by atoms with Crippen LogP contribution in [0, 0.1) is 12.7 Å². The van der Waals surface area contributed by atoms with Gasteiger partial charge in [0.15, 0.2) is 5.82 Å². The third-order valence-electron chi connectivity index (χ3n) is 6.02. The number of benzene rings is 2. The van der Waals surface area contributed by atoms with Gasteiger partial charge in [0, 0.05) is 28.8 Å². The average molecular weight is 526 g/mol. The number of nitrogens with one attached hydrogen (secondary N) is 1. The van der Waals surface area contributed by atoms with Crippen molar-refractivity contribution in [3.8, 4) is 17.1 Å². The van der Waals surface area contributed by atoms with Gasteiger partial charge in [0.05, 0.1) is 11.1 Å². The summed E-state index contributed by atoms with van der Waals surface area (Å²) in [4.78, 5) is 21.5. The Balaban J connectivity index is 1.71. The largest absolute Gasteiger partial charge is 0.487 e. The summed E-state index contributed by atoms with van der Waals surface area (Å²) in [5.74, 6) is 0.119. The fourth-order valence-corrected chi connectivity index (χ4v) is 4.39. The van der Waals surface area contributed by atoms with E-state index >= 15 is 0 Å². The van der Waals surface area contributed by atoms with Crippen molar-refractivity contribution in [2.75, 3.05) is 0 Å². The van der Waals surface area contributed by atoms with Gasteiger partial charge < -0.3 is 15.2 Å². The molecule has 0 saturated carbocycles. The van der Waals surface area contributed by atoms with Crippen LogP contribution in [0.15, 0.2) is 42.7 Å². The second-order valence-electron chi connectivity index (χ2n) is 9.36. The van der Waals surface area contributed by atoms with Crippen LogP contribution in [-0.2, 0) is 17.9 Å². The van der Waals surface area contributed by atoms with Gasteiger partial charge in [0.25, 0.3) is 5.91 Å². The van der Waals surface area contributed by atoms with Crippen molar-refractivity contribution < 1.29 is 19.0 Å². The molecule has 1 atom stereocenters. The number of carbonyl (C=O) groups excluding carboxylic acids is 1. The number of aromatic nitrogens is 4. The number of amides is 1. The van der Waals surface area contributed by atoms with Gasteiger partial charge in [0.2, 0.25) is 0 Å². The zero-order valence-electron chi connectivity index (χ0n) is 21.3. The molecule has 2 aromatic heterocycles. The zero-order valence-corrected chi connectivity index (χ0v) is 22.1. The Labute approximate surface area is 219 Å². The number of hydrogen-bond acceptors (Lipinski definition) is 6. The molecule has 4 rings (SSSR count). The highest BCUT2D eigenvalue weighted by molar-refractivity contribution is 6.31. The molecule has 2 N–H and O–H groups in total. The second kappa shape index (κ2) is 10.4. The molecule has 37 heavy (non-hydrogen) atoms. The van der Waals surface area contributed by atoms with Gasteiger partial charge in [-0.15, -0.1) is 0 Å². The van der Waals surface area contributed by atoms with Crippen molar-refractivity contribution in [1.82, 2.24) is 25.1 Å². The molecule has 0 aliphatic carbocycles. The number of para-hydroxylation sites is 1. The highest BCUT2D eigenvalue weighted by Crippen LogP contribution is 2.34. The summed E-state index contributed by atoms with van der Waals surface area (Å²) in [7, 11) is 0. The van der Waals surface area contributed by atoms with Crippen LogP contribution in [-0.4, -0.2) is 36.4 Å². The molecule has 2 aromatic carbocycles. The first-order chi connectivity index (χ1) is 17.5. The number of nitrogens with zero attached hydrogens (tertiary/aromatic N) is 4. The zero-order chi connectivity index (χ0) is 26.9. The maximum absolute atomic E-state index is 14.3. The quantitative estimate of drug-likeness (QED) is 0.330. The maximum atomic E-state index is 14.3. The lowest BCUT2D eigenvalue weighted by Crippen LogP contribution is -2.43. The Morgan fingerprint density at radius 1 is 1.30 bits per heavy atom. The molecule has 0 bridgehead atoms. The summed E-state index contributed by atoms with van der Waals surface area (Å²) in [5.41, 5.74) is 1.69. The van der Waals surface area contributed by atoms with Gasteiger partial charge in [-0.05, 0) is 64.4 Å². The van der Waals surface area contributed by atoms with Gasteiger partial charge in [0.1, 0.15) is 35.6 Å². The van der Waals surface area contributed by atoms with Crippen LogP contribution >= 0.6 is 11.6 Å². The van der Waals surface area contributed by atoms with Gasteiger partial charge in [-0.2, -0.15) is 5.10 Å². The lowest BCUT2D eigenvalue weighted by Gasteiger charge is -2.23. The first-order valence-corrected chi connectivity index (χ1v) is 12.3. The molecule has 10 heteroatoms. The number of hydrogen-bond donors (Lipinski definition) is 2. The summed E-state index contributed by atoms with van der Waals surface area (Å²) < 4.78 is 22.3. The molecule has 4 aromatic rings. The number of rotatable bonds is 8. The molecule has 0 aliphatic heterocycles. The first kappa shape index (κ1) is 26.5. The van der Waals surface area contributed by atoms with Crippen LogP contribution < -0.4 is 10.1 Å². The Kier molecular flexibility index (Phi) is 7.47. The molecule has 0 spiro atoms. The van der Waals surface area contributed by atoms with Crippen LogP contribution in [0.3, 0.4) is 0 Å². The summed E-state index contributed by atoms with van der Waals surface area (Å²) in [5, 5.41) is 18.0. The predicted molar refractivity (Wildman–Crippen MR) is 140 cm³/mol. The van der Waals surface area contributed by atoms with E-state index in [1.165, 1.54) is 32.3 Å². The molecule has 2 heterocycles. The molecule has 1 amide bonds. The van der Waals surface area contributed by atoms with Crippen molar-refractivity contribution in [3.63, 3.8) is 0 Å². The van der Waals surface area contributed by atoms with E-state index in [9.17, 15) is 14.3 Å². The molecule has 8 nitrogen and oxygen atoms in total. The van der Waals surface area contributed by atoms with Gasteiger partial charge in [-0.1, -0.05) is 23.7 Å². The monoisotopic (exact) mass is 525 g/mol. The van der Waals surface area contributed by atoms with Crippen LogP contribution in [0.4, 0.5) is 4.39 Å². The van der Waals surface area contributed by atoms with Crippen LogP contribution in [0.2, 0.25) is 5.02 Å². The smallest absolute Gasteiger partial charge is 0.251 e. The van der Waals surface area contributed by atoms with E-state index < -0.39 is 23.4 Å². The number of fused-ring (bicyclic) bond motifs is 1. The molecule has 0 fully saturated rings. The highest BCUT2D eigenvalue weighted by atomic mass is 35.5.